The van der Waals surface area contributed by atoms with E-state index in [1.165, 1.54) is 44.9 Å². The van der Waals surface area contributed by atoms with Crippen LogP contribution < -0.4 is 0 Å². The molecule has 5 aliphatic carbocycles. The van der Waals surface area contributed by atoms with Gasteiger partial charge in [-0.2, -0.15) is 0 Å². The first kappa shape index (κ1) is 36.4. The maximum Gasteiger partial charge on any atom is 0.306 e. The first-order chi connectivity index (χ1) is 21.6. The summed E-state index contributed by atoms with van der Waals surface area (Å²) in [5.41, 5.74) is 1.56. The zero-order valence-corrected chi connectivity index (χ0v) is 31.3. The van der Waals surface area contributed by atoms with Crippen LogP contribution in [0.1, 0.15) is 177 Å². The summed E-state index contributed by atoms with van der Waals surface area (Å²) in [6, 6.07) is 0. The van der Waals surface area contributed by atoms with Gasteiger partial charge in [-0.25, -0.2) is 0 Å². The normalized spacial score (nSPS) is 42.6. The van der Waals surface area contributed by atoms with Crippen molar-refractivity contribution in [2.45, 2.75) is 190 Å². The molecule has 4 heteroatoms. The van der Waals surface area contributed by atoms with Gasteiger partial charge in [0.2, 0.25) is 0 Å². The number of aliphatic hydroxyl groups excluding tert-OH is 2. The van der Waals surface area contributed by atoms with Crippen molar-refractivity contribution in [3.05, 3.63) is 11.6 Å². The number of hydrogen-bond acceptors (Lipinski definition) is 4. The van der Waals surface area contributed by atoms with Crippen molar-refractivity contribution < 1.29 is 19.7 Å². The van der Waals surface area contributed by atoms with Crippen LogP contribution in [0.15, 0.2) is 11.6 Å². The third-order valence-corrected chi connectivity index (χ3v) is 15.9. The summed E-state index contributed by atoms with van der Waals surface area (Å²) >= 11 is 0. The fourth-order valence-electron chi connectivity index (χ4n) is 12.7. The Kier molecular flexibility index (Phi) is 10.6. The maximum atomic E-state index is 13.1. The highest BCUT2D eigenvalue weighted by molar-refractivity contribution is 5.69. The first-order valence-electron chi connectivity index (χ1n) is 19.8. The molecule has 0 bridgehead atoms. The lowest BCUT2D eigenvalue weighted by Crippen LogP contribution is -2.67. The van der Waals surface area contributed by atoms with Crippen molar-refractivity contribution in [3.63, 3.8) is 0 Å². The van der Waals surface area contributed by atoms with Crippen LogP contribution in [0.4, 0.5) is 0 Å². The Labute approximate surface area is 283 Å². The van der Waals surface area contributed by atoms with Gasteiger partial charge in [-0.3, -0.25) is 4.79 Å². The minimum atomic E-state index is -0.459. The molecule has 4 saturated carbocycles. The second-order valence-electron chi connectivity index (χ2n) is 19.2. The summed E-state index contributed by atoms with van der Waals surface area (Å²) < 4.78 is 6.35. The zero-order chi connectivity index (χ0) is 33.6. The van der Waals surface area contributed by atoms with E-state index in [0.29, 0.717) is 18.3 Å². The van der Waals surface area contributed by atoms with E-state index >= 15 is 0 Å². The molecule has 0 aliphatic heterocycles. The number of esters is 1. The first-order valence-corrected chi connectivity index (χ1v) is 19.8. The third-order valence-electron chi connectivity index (χ3n) is 15.9. The van der Waals surface area contributed by atoms with Crippen molar-refractivity contribution in [1.29, 1.82) is 0 Å². The minimum absolute atomic E-state index is 0.00239. The summed E-state index contributed by atoms with van der Waals surface area (Å²) in [4.78, 5) is 13.1. The highest BCUT2D eigenvalue weighted by Gasteiger charge is 2.70. The average molecular weight is 641 g/mol. The second-order valence-corrected chi connectivity index (χ2v) is 19.2. The molecule has 0 heterocycles. The standard InChI is InChI=1S/C42H72O4/c1-9-10-11-12-13-14-15-16-17-18-36(45)46-35-22-23-39(6)32(38(35,4)5)21-24-40(7)33(39)20-19-30-31-27-37(2,3)25-26-42(31,29-43)34(44)28-41(30,40)8/h19,31-35,43-44H,9-18,20-29H2,1-8H3/t31-,32-,33+,34-,35-,39-,40+,41+,42+/m0/s1. The Morgan fingerprint density at radius 1 is 0.826 bits per heavy atom. The van der Waals surface area contributed by atoms with Crippen LogP contribution >= 0.6 is 0 Å². The molecule has 0 aromatic rings. The molecule has 0 unspecified atom stereocenters. The summed E-state index contributed by atoms with van der Waals surface area (Å²) in [5.74, 6) is 1.32. The van der Waals surface area contributed by atoms with Gasteiger partial charge in [0, 0.05) is 17.3 Å². The van der Waals surface area contributed by atoms with Crippen LogP contribution in [0.5, 0.6) is 0 Å². The SMILES string of the molecule is CCCCCCCCCCCC(=O)O[C@H]1CC[C@]2(C)[C@H]3CC=C4[C@@H]5CC(C)(C)CC[C@]5(CO)[C@@H](O)C[C@@]4(C)[C@]3(C)CC[C@H]2C1(C)C. The second kappa shape index (κ2) is 13.4. The van der Waals surface area contributed by atoms with Gasteiger partial charge in [-0.1, -0.05) is 118 Å². The van der Waals surface area contributed by atoms with E-state index in [2.05, 4.69) is 61.5 Å². The van der Waals surface area contributed by atoms with Gasteiger partial charge in [-0.15, -0.1) is 0 Å². The maximum absolute atomic E-state index is 13.1. The minimum Gasteiger partial charge on any atom is -0.462 e. The Hall–Kier alpha value is -0.870. The van der Waals surface area contributed by atoms with E-state index in [1.807, 2.05) is 0 Å². The van der Waals surface area contributed by atoms with Gasteiger partial charge in [-0.05, 0) is 104 Å². The van der Waals surface area contributed by atoms with Crippen LogP contribution in [0.2, 0.25) is 0 Å². The Bertz CT molecular complexity index is 1110. The topological polar surface area (TPSA) is 66.8 Å². The van der Waals surface area contributed by atoms with E-state index in [0.717, 1.165) is 70.6 Å². The number of carbonyl (C=O) groups is 1. The number of allylic oxidation sites excluding steroid dienone is 2. The van der Waals surface area contributed by atoms with Crippen LogP contribution in [-0.4, -0.2) is 35.0 Å². The molecule has 0 aromatic carbocycles. The molecule has 2 N–H and O–H groups in total. The molecule has 0 spiro atoms. The molecular weight excluding hydrogens is 568 g/mol. The Morgan fingerprint density at radius 2 is 1.48 bits per heavy atom. The fourth-order valence-corrected chi connectivity index (χ4v) is 12.7. The van der Waals surface area contributed by atoms with Crippen LogP contribution in [0, 0.1) is 50.2 Å². The molecule has 264 valence electrons. The van der Waals surface area contributed by atoms with Crippen molar-refractivity contribution >= 4 is 5.97 Å². The number of fused-ring (bicyclic) bond motifs is 7. The van der Waals surface area contributed by atoms with Gasteiger partial charge in [0.05, 0.1) is 12.7 Å². The van der Waals surface area contributed by atoms with Gasteiger partial charge in [0.1, 0.15) is 6.10 Å². The zero-order valence-electron chi connectivity index (χ0n) is 31.3. The molecule has 5 rings (SSSR count). The van der Waals surface area contributed by atoms with E-state index in [4.69, 9.17) is 4.74 Å². The fraction of sp³-hybridized carbons (Fsp3) is 0.929. The van der Waals surface area contributed by atoms with Crippen LogP contribution in [-0.2, 0) is 9.53 Å². The Balaban J connectivity index is 1.26. The van der Waals surface area contributed by atoms with Gasteiger partial charge < -0.3 is 14.9 Å². The Morgan fingerprint density at radius 3 is 2.13 bits per heavy atom. The van der Waals surface area contributed by atoms with E-state index in [9.17, 15) is 15.0 Å². The molecule has 0 aromatic heterocycles. The molecule has 5 aliphatic rings. The van der Waals surface area contributed by atoms with Gasteiger partial charge >= 0.3 is 5.97 Å². The van der Waals surface area contributed by atoms with Gasteiger partial charge in [0.15, 0.2) is 0 Å². The molecule has 0 saturated heterocycles. The lowest BCUT2D eigenvalue weighted by molar-refractivity contribution is -0.223. The molecule has 4 fully saturated rings. The number of rotatable bonds is 12. The highest BCUT2D eigenvalue weighted by atomic mass is 16.5. The monoisotopic (exact) mass is 641 g/mol. The number of aliphatic hydroxyl groups is 2. The number of ether oxygens (including phenoxy) is 1. The summed E-state index contributed by atoms with van der Waals surface area (Å²) in [6.07, 6.45) is 23.4. The molecule has 0 radical (unpaired) electrons. The van der Waals surface area contributed by atoms with E-state index in [1.54, 1.807) is 5.57 Å². The molecule has 0 amide bonds. The van der Waals surface area contributed by atoms with Crippen molar-refractivity contribution in [3.8, 4) is 0 Å². The number of hydrogen-bond donors (Lipinski definition) is 2. The lowest BCUT2D eigenvalue weighted by Gasteiger charge is -2.72. The smallest absolute Gasteiger partial charge is 0.306 e. The third kappa shape index (κ3) is 6.09. The largest absolute Gasteiger partial charge is 0.462 e. The molecule has 46 heavy (non-hydrogen) atoms. The predicted molar refractivity (Wildman–Crippen MR) is 189 cm³/mol. The van der Waals surface area contributed by atoms with Crippen LogP contribution in [0.25, 0.3) is 0 Å². The van der Waals surface area contributed by atoms with Crippen molar-refractivity contribution in [2.24, 2.45) is 50.2 Å². The number of unbranched alkanes of at least 4 members (excludes halogenated alkanes) is 8. The molecule has 9 atom stereocenters. The molecule has 4 nitrogen and oxygen atoms in total. The van der Waals surface area contributed by atoms with E-state index in [-0.39, 0.29) is 57.1 Å². The van der Waals surface area contributed by atoms with E-state index < -0.39 is 6.10 Å². The lowest BCUT2D eigenvalue weighted by atomic mass is 9.33. The quantitative estimate of drug-likeness (QED) is 0.127. The van der Waals surface area contributed by atoms with Crippen LogP contribution in [0.3, 0.4) is 0 Å². The summed E-state index contributed by atoms with van der Waals surface area (Å²) in [5, 5.41) is 22.8. The number of carbonyl (C=O) groups excluding carboxylic acids is 1. The predicted octanol–water partition coefficient (Wildman–Crippen LogP) is 10.6. The highest BCUT2D eigenvalue weighted by Crippen LogP contribution is 2.75. The van der Waals surface area contributed by atoms with Crippen molar-refractivity contribution in [2.75, 3.05) is 6.61 Å². The average Bonchev–Trinajstić information content (AvgIpc) is 2.98. The van der Waals surface area contributed by atoms with Gasteiger partial charge in [0.25, 0.3) is 0 Å². The summed E-state index contributed by atoms with van der Waals surface area (Å²) in [6.45, 7) is 19.6. The molecular formula is C42H72O4. The van der Waals surface area contributed by atoms with Crippen molar-refractivity contribution in [1.82, 2.24) is 0 Å². The summed E-state index contributed by atoms with van der Waals surface area (Å²) in [7, 11) is 0.